The predicted molar refractivity (Wildman–Crippen MR) is 142 cm³/mol. The Labute approximate surface area is 217 Å². The van der Waals surface area contributed by atoms with E-state index >= 15 is 0 Å². The fourth-order valence-corrected chi connectivity index (χ4v) is 5.32. The van der Waals surface area contributed by atoms with Crippen molar-refractivity contribution in [3.8, 4) is 5.75 Å². The van der Waals surface area contributed by atoms with Gasteiger partial charge in [-0.15, -0.1) is 0 Å². The number of Topliss-reactive ketones (excluding diaryl/α,β-unsaturated/α-hetero) is 1. The van der Waals surface area contributed by atoms with Gasteiger partial charge < -0.3 is 25.5 Å². The lowest BCUT2D eigenvalue weighted by molar-refractivity contribution is 0.0915. The van der Waals surface area contributed by atoms with E-state index in [-0.39, 0.29) is 41.2 Å². The van der Waals surface area contributed by atoms with Crippen LogP contribution in [0, 0.1) is 0 Å². The number of carbonyl (C=O) groups excluding carboxylic acids is 2. The fourth-order valence-electron chi connectivity index (χ4n) is 5.32. The third-order valence-corrected chi connectivity index (χ3v) is 7.04. The summed E-state index contributed by atoms with van der Waals surface area (Å²) in [5.41, 5.74) is 1.15. The number of ether oxygens (including phenoxy) is 1. The highest BCUT2D eigenvalue weighted by Gasteiger charge is 2.29. The van der Waals surface area contributed by atoms with Crippen molar-refractivity contribution < 1.29 is 24.2 Å². The number of fused-ring (bicyclic) bond motifs is 3. The standard InChI is InChI=1S/C28H28N4O6/c1-38-25-22-23(31-24(25)26(34)29-17-10-7-11-18(14-17)30-28(36)37)19-12-5-6-13-20(19)32(27(22)35)15-21(33)16-8-3-2-4-9-16/h2-6,8-9,12-13,17-18,30-31H,7,10-11,14-15H2,1H3,(H,29,34)(H,36,37). The number of rotatable bonds is 7. The molecule has 4 N–H and O–H groups in total. The van der Waals surface area contributed by atoms with Crippen LogP contribution >= 0.6 is 0 Å². The molecule has 196 valence electrons. The van der Waals surface area contributed by atoms with Crippen molar-refractivity contribution in [1.29, 1.82) is 0 Å². The molecule has 1 fully saturated rings. The molecule has 2 heterocycles. The van der Waals surface area contributed by atoms with Gasteiger partial charge in [-0.3, -0.25) is 19.0 Å². The molecule has 2 atom stereocenters. The minimum Gasteiger partial charge on any atom is -0.493 e. The number of carbonyl (C=O) groups is 3. The molecule has 38 heavy (non-hydrogen) atoms. The minimum absolute atomic E-state index is 0.102. The number of pyridine rings is 1. The van der Waals surface area contributed by atoms with E-state index in [1.54, 1.807) is 36.4 Å². The van der Waals surface area contributed by atoms with Gasteiger partial charge in [-0.1, -0.05) is 48.5 Å². The van der Waals surface area contributed by atoms with Crippen LogP contribution in [-0.4, -0.2) is 51.6 Å². The average Bonchev–Trinajstić information content (AvgIpc) is 3.31. The first-order valence-corrected chi connectivity index (χ1v) is 12.5. The van der Waals surface area contributed by atoms with Crippen LogP contribution in [-0.2, 0) is 6.54 Å². The molecule has 0 aliphatic heterocycles. The number of methoxy groups -OCH3 is 1. The number of nitrogens with zero attached hydrogens (tertiary/aromatic N) is 1. The zero-order valence-corrected chi connectivity index (χ0v) is 20.8. The van der Waals surface area contributed by atoms with Gasteiger partial charge in [-0.05, 0) is 31.7 Å². The Balaban J connectivity index is 1.54. The number of aromatic nitrogens is 2. The van der Waals surface area contributed by atoms with Crippen molar-refractivity contribution in [2.45, 2.75) is 44.3 Å². The molecule has 0 radical (unpaired) electrons. The number of hydrogen-bond acceptors (Lipinski definition) is 5. The van der Waals surface area contributed by atoms with Gasteiger partial charge in [0, 0.05) is 23.0 Å². The number of benzene rings is 2. The van der Waals surface area contributed by atoms with Gasteiger partial charge in [0.2, 0.25) is 0 Å². The third kappa shape index (κ3) is 4.72. The van der Waals surface area contributed by atoms with Crippen LogP contribution in [0.5, 0.6) is 5.75 Å². The summed E-state index contributed by atoms with van der Waals surface area (Å²) < 4.78 is 6.99. The number of carboxylic acid groups (broad SMARTS) is 1. The second-order valence-corrected chi connectivity index (χ2v) is 9.46. The van der Waals surface area contributed by atoms with E-state index < -0.39 is 17.6 Å². The monoisotopic (exact) mass is 516 g/mol. The van der Waals surface area contributed by atoms with Crippen molar-refractivity contribution in [3.05, 3.63) is 76.2 Å². The molecule has 0 spiro atoms. The number of H-pyrrole nitrogens is 1. The van der Waals surface area contributed by atoms with E-state index in [2.05, 4.69) is 15.6 Å². The zero-order chi connectivity index (χ0) is 26.8. The van der Waals surface area contributed by atoms with E-state index in [9.17, 15) is 19.2 Å². The van der Waals surface area contributed by atoms with Crippen LogP contribution in [0.4, 0.5) is 4.79 Å². The van der Waals surface area contributed by atoms with Crippen LogP contribution in [0.2, 0.25) is 0 Å². The molecule has 1 aliphatic carbocycles. The average molecular weight is 517 g/mol. The first-order chi connectivity index (χ1) is 18.4. The Morgan fingerprint density at radius 2 is 1.71 bits per heavy atom. The summed E-state index contributed by atoms with van der Waals surface area (Å²) in [4.78, 5) is 54.3. The molecule has 2 unspecified atom stereocenters. The Morgan fingerprint density at radius 3 is 2.42 bits per heavy atom. The van der Waals surface area contributed by atoms with Gasteiger partial charge in [-0.25, -0.2) is 4.79 Å². The number of ketones is 1. The Bertz CT molecular complexity index is 1590. The number of hydrogen-bond donors (Lipinski definition) is 4. The predicted octanol–water partition coefficient (Wildman–Crippen LogP) is 3.68. The summed E-state index contributed by atoms with van der Waals surface area (Å²) in [5.74, 6) is -0.564. The van der Waals surface area contributed by atoms with Crippen molar-refractivity contribution in [2.24, 2.45) is 0 Å². The van der Waals surface area contributed by atoms with Crippen LogP contribution in [0.3, 0.4) is 0 Å². The Kier molecular flexibility index (Phi) is 6.87. The maximum Gasteiger partial charge on any atom is 0.404 e. The Morgan fingerprint density at radius 1 is 1.03 bits per heavy atom. The highest BCUT2D eigenvalue weighted by Crippen LogP contribution is 2.32. The van der Waals surface area contributed by atoms with Crippen molar-refractivity contribution in [2.75, 3.05) is 7.11 Å². The molecule has 2 amide bonds. The van der Waals surface area contributed by atoms with Gasteiger partial charge in [-0.2, -0.15) is 0 Å². The lowest BCUT2D eigenvalue weighted by Crippen LogP contribution is -2.45. The molecule has 10 heteroatoms. The van der Waals surface area contributed by atoms with Gasteiger partial charge >= 0.3 is 6.09 Å². The first-order valence-electron chi connectivity index (χ1n) is 12.5. The van der Waals surface area contributed by atoms with Crippen molar-refractivity contribution >= 4 is 39.6 Å². The normalized spacial score (nSPS) is 17.3. The quantitative estimate of drug-likeness (QED) is 0.276. The number of amides is 2. The first kappa shape index (κ1) is 25.1. The summed E-state index contributed by atoms with van der Waals surface area (Å²) in [6, 6.07) is 15.5. The molecule has 1 saturated carbocycles. The van der Waals surface area contributed by atoms with Crippen LogP contribution < -0.4 is 20.9 Å². The van der Waals surface area contributed by atoms with Crippen molar-refractivity contribution in [1.82, 2.24) is 20.2 Å². The maximum absolute atomic E-state index is 13.8. The number of nitrogens with one attached hydrogen (secondary N) is 3. The summed E-state index contributed by atoms with van der Waals surface area (Å²) in [6.07, 6.45) is 1.57. The van der Waals surface area contributed by atoms with E-state index in [1.165, 1.54) is 11.7 Å². The molecule has 0 saturated heterocycles. The second-order valence-electron chi connectivity index (χ2n) is 9.46. The van der Waals surface area contributed by atoms with E-state index in [1.807, 2.05) is 18.2 Å². The zero-order valence-electron chi connectivity index (χ0n) is 20.8. The van der Waals surface area contributed by atoms with Gasteiger partial charge in [0.05, 0.1) is 24.7 Å². The highest BCUT2D eigenvalue weighted by molar-refractivity contribution is 6.11. The maximum atomic E-state index is 13.8. The van der Waals surface area contributed by atoms with Gasteiger partial charge in [0.1, 0.15) is 11.1 Å². The largest absolute Gasteiger partial charge is 0.493 e. The van der Waals surface area contributed by atoms with E-state index in [0.29, 0.717) is 41.2 Å². The molecule has 4 aromatic rings. The molecular formula is C28H28N4O6. The molecule has 10 nitrogen and oxygen atoms in total. The summed E-state index contributed by atoms with van der Waals surface area (Å²) >= 11 is 0. The lowest BCUT2D eigenvalue weighted by atomic mass is 9.91. The Hall–Kier alpha value is -4.60. The molecule has 5 rings (SSSR count). The summed E-state index contributed by atoms with van der Waals surface area (Å²) in [6.45, 7) is -0.171. The highest BCUT2D eigenvalue weighted by atomic mass is 16.5. The van der Waals surface area contributed by atoms with Gasteiger partial charge in [0.25, 0.3) is 11.5 Å². The topological polar surface area (TPSA) is 143 Å². The smallest absolute Gasteiger partial charge is 0.404 e. The van der Waals surface area contributed by atoms with Crippen LogP contribution in [0.25, 0.3) is 21.8 Å². The van der Waals surface area contributed by atoms with E-state index in [0.717, 1.165) is 6.42 Å². The van der Waals surface area contributed by atoms with Crippen LogP contribution in [0.1, 0.15) is 46.5 Å². The summed E-state index contributed by atoms with van der Waals surface area (Å²) in [5, 5.41) is 15.4. The molecule has 1 aliphatic rings. The molecule has 2 aromatic heterocycles. The lowest BCUT2D eigenvalue weighted by Gasteiger charge is -2.29. The van der Waals surface area contributed by atoms with Gasteiger partial charge in [0.15, 0.2) is 11.5 Å². The van der Waals surface area contributed by atoms with Crippen LogP contribution in [0.15, 0.2) is 59.4 Å². The fraction of sp³-hybridized carbons (Fsp3) is 0.286. The number of aromatic amines is 1. The summed E-state index contributed by atoms with van der Waals surface area (Å²) in [7, 11) is 1.39. The van der Waals surface area contributed by atoms with Crippen molar-refractivity contribution in [3.63, 3.8) is 0 Å². The third-order valence-electron chi connectivity index (χ3n) is 7.04. The molecular weight excluding hydrogens is 488 g/mol. The SMILES string of the molecule is COc1c(C(=O)NC2CCCC(NC(=O)O)C2)[nH]c2c1c(=O)n(CC(=O)c1ccccc1)c1ccccc21. The second kappa shape index (κ2) is 10.4. The molecule has 2 aromatic carbocycles. The number of para-hydroxylation sites is 1. The van der Waals surface area contributed by atoms with E-state index in [4.69, 9.17) is 9.84 Å². The molecule has 0 bridgehead atoms. The minimum atomic E-state index is -1.09.